The Kier molecular flexibility index (Phi) is 3.75. The van der Waals surface area contributed by atoms with E-state index in [9.17, 15) is 0 Å². The van der Waals surface area contributed by atoms with Gasteiger partial charge in [-0.05, 0) is 6.42 Å². The molecule has 0 N–H and O–H groups in total. The zero-order valence-corrected chi connectivity index (χ0v) is 9.28. The Morgan fingerprint density at radius 2 is 2.27 bits per heavy atom. The van der Waals surface area contributed by atoms with Gasteiger partial charge in [-0.2, -0.15) is 0 Å². The number of ether oxygens (including phenoxy) is 1. The lowest BCUT2D eigenvalue weighted by atomic mass is 10.4. The van der Waals surface area contributed by atoms with Gasteiger partial charge in [0.25, 0.3) is 0 Å². The molecular weight excluding hydrogens is 214 g/mol. The topological polar surface area (TPSA) is 38.2 Å². The number of hydrogen-bond donors (Lipinski definition) is 0. The molecule has 82 valence electrons. The lowest BCUT2D eigenvalue weighted by molar-refractivity contribution is 0.152. The first-order chi connectivity index (χ1) is 7.40. The van der Waals surface area contributed by atoms with Crippen molar-refractivity contribution in [2.24, 2.45) is 0 Å². The second-order valence-electron chi connectivity index (χ2n) is 3.46. The summed E-state index contributed by atoms with van der Waals surface area (Å²) in [5.41, 5.74) is 0.819. The van der Waals surface area contributed by atoms with Gasteiger partial charge in [0.05, 0.1) is 24.4 Å². The summed E-state index contributed by atoms with van der Waals surface area (Å²) in [7, 11) is 0. The van der Waals surface area contributed by atoms with Gasteiger partial charge >= 0.3 is 0 Å². The van der Waals surface area contributed by atoms with Crippen LogP contribution in [-0.2, 0) is 10.6 Å². The quantitative estimate of drug-likeness (QED) is 0.717. The van der Waals surface area contributed by atoms with E-state index in [4.69, 9.17) is 16.3 Å². The van der Waals surface area contributed by atoms with Crippen molar-refractivity contribution in [3.63, 3.8) is 0 Å². The number of nitrogens with zero attached hydrogens (tertiary/aromatic N) is 3. The number of hydrogen-bond acceptors (Lipinski definition) is 4. The van der Waals surface area contributed by atoms with Crippen molar-refractivity contribution in [2.75, 3.05) is 31.2 Å². The van der Waals surface area contributed by atoms with E-state index >= 15 is 0 Å². The highest BCUT2D eigenvalue weighted by molar-refractivity contribution is 6.16. The van der Waals surface area contributed by atoms with E-state index in [1.165, 1.54) is 0 Å². The molecule has 0 bridgehead atoms. The number of aromatic nitrogens is 2. The monoisotopic (exact) mass is 227 g/mol. The zero-order valence-electron chi connectivity index (χ0n) is 8.53. The molecule has 1 aromatic rings. The minimum Gasteiger partial charge on any atom is -0.380 e. The summed E-state index contributed by atoms with van der Waals surface area (Å²) in [6.45, 7) is 3.44. The van der Waals surface area contributed by atoms with Gasteiger partial charge in [0.2, 0.25) is 0 Å². The van der Waals surface area contributed by atoms with E-state index in [1.807, 2.05) is 0 Å². The van der Waals surface area contributed by atoms with Crippen LogP contribution in [0.5, 0.6) is 0 Å². The normalized spacial score (nSPS) is 17.5. The number of rotatable bonds is 2. The average molecular weight is 228 g/mol. The van der Waals surface area contributed by atoms with Crippen LogP contribution in [0.15, 0.2) is 12.4 Å². The lowest BCUT2D eigenvalue weighted by Gasteiger charge is -2.20. The SMILES string of the molecule is ClCc1cncc(N2CCCOCC2)n1. The van der Waals surface area contributed by atoms with Gasteiger partial charge in [-0.3, -0.25) is 4.98 Å². The fourth-order valence-electron chi connectivity index (χ4n) is 1.59. The Morgan fingerprint density at radius 3 is 3.13 bits per heavy atom. The van der Waals surface area contributed by atoms with Gasteiger partial charge < -0.3 is 9.64 Å². The van der Waals surface area contributed by atoms with Crippen molar-refractivity contribution in [3.8, 4) is 0 Å². The van der Waals surface area contributed by atoms with Crippen LogP contribution < -0.4 is 4.90 Å². The minimum absolute atomic E-state index is 0.408. The molecule has 1 aliphatic rings. The highest BCUT2D eigenvalue weighted by Gasteiger charge is 2.11. The first kappa shape index (κ1) is 10.6. The van der Waals surface area contributed by atoms with Crippen LogP contribution in [0, 0.1) is 0 Å². The predicted molar refractivity (Wildman–Crippen MR) is 59.2 cm³/mol. The maximum atomic E-state index is 5.72. The van der Waals surface area contributed by atoms with Crippen molar-refractivity contribution < 1.29 is 4.74 Å². The van der Waals surface area contributed by atoms with Crippen molar-refractivity contribution in [3.05, 3.63) is 18.1 Å². The highest BCUT2D eigenvalue weighted by Crippen LogP contribution is 2.12. The molecule has 1 fully saturated rings. The molecule has 15 heavy (non-hydrogen) atoms. The molecule has 2 rings (SSSR count). The van der Waals surface area contributed by atoms with E-state index in [-0.39, 0.29) is 0 Å². The smallest absolute Gasteiger partial charge is 0.147 e. The maximum Gasteiger partial charge on any atom is 0.147 e. The summed E-state index contributed by atoms with van der Waals surface area (Å²) in [5.74, 6) is 1.31. The van der Waals surface area contributed by atoms with Gasteiger partial charge in [0.15, 0.2) is 0 Å². The van der Waals surface area contributed by atoms with Crippen LogP contribution >= 0.6 is 11.6 Å². The van der Waals surface area contributed by atoms with E-state index in [1.54, 1.807) is 12.4 Å². The van der Waals surface area contributed by atoms with Crippen LogP contribution in [0.1, 0.15) is 12.1 Å². The fourth-order valence-corrected chi connectivity index (χ4v) is 1.72. The minimum atomic E-state index is 0.408. The third-order valence-electron chi connectivity index (χ3n) is 2.35. The summed E-state index contributed by atoms with van der Waals surface area (Å²) in [4.78, 5) is 10.8. The van der Waals surface area contributed by atoms with E-state index in [2.05, 4.69) is 14.9 Å². The Labute approximate surface area is 94.2 Å². The third-order valence-corrected chi connectivity index (χ3v) is 2.63. The van der Waals surface area contributed by atoms with Crippen LogP contribution in [0.2, 0.25) is 0 Å². The molecule has 0 atom stereocenters. The Balaban J connectivity index is 2.12. The second-order valence-corrected chi connectivity index (χ2v) is 3.72. The first-order valence-electron chi connectivity index (χ1n) is 5.10. The molecule has 0 unspecified atom stereocenters. The van der Waals surface area contributed by atoms with Gasteiger partial charge in [0.1, 0.15) is 5.82 Å². The van der Waals surface area contributed by atoms with E-state index in [0.29, 0.717) is 5.88 Å². The fraction of sp³-hybridized carbons (Fsp3) is 0.600. The molecule has 0 spiro atoms. The molecule has 1 saturated heterocycles. The van der Waals surface area contributed by atoms with Crippen molar-refractivity contribution in [2.45, 2.75) is 12.3 Å². The summed E-state index contributed by atoms with van der Waals surface area (Å²) in [6.07, 6.45) is 4.51. The van der Waals surface area contributed by atoms with Crippen LogP contribution in [-0.4, -0.2) is 36.3 Å². The van der Waals surface area contributed by atoms with Crippen LogP contribution in [0.25, 0.3) is 0 Å². The molecule has 0 radical (unpaired) electrons. The average Bonchev–Trinajstić information content (AvgIpc) is 2.58. The molecule has 4 nitrogen and oxygen atoms in total. The molecule has 5 heteroatoms. The third kappa shape index (κ3) is 2.79. The summed E-state index contributed by atoms with van der Waals surface area (Å²) in [5, 5.41) is 0. The molecule has 0 amide bonds. The Bertz CT molecular complexity index is 313. The van der Waals surface area contributed by atoms with E-state index < -0.39 is 0 Å². The number of anilines is 1. The van der Waals surface area contributed by atoms with E-state index in [0.717, 1.165) is 44.2 Å². The summed E-state index contributed by atoms with van der Waals surface area (Å²) < 4.78 is 5.39. The van der Waals surface area contributed by atoms with Crippen LogP contribution in [0.3, 0.4) is 0 Å². The maximum absolute atomic E-state index is 5.72. The second kappa shape index (κ2) is 5.28. The van der Waals surface area contributed by atoms with Crippen molar-refractivity contribution in [1.82, 2.24) is 9.97 Å². The Hall–Kier alpha value is -0.870. The van der Waals surface area contributed by atoms with Gasteiger partial charge in [-0.1, -0.05) is 0 Å². The molecule has 0 aliphatic carbocycles. The summed E-state index contributed by atoms with van der Waals surface area (Å²) in [6, 6.07) is 0. The standard InChI is InChI=1S/C10H14ClN3O/c11-6-9-7-12-8-10(13-9)14-2-1-4-15-5-3-14/h7-8H,1-6H2. The predicted octanol–water partition coefficient (Wildman–Crippen LogP) is 1.44. The first-order valence-corrected chi connectivity index (χ1v) is 5.63. The van der Waals surface area contributed by atoms with Gasteiger partial charge in [-0.25, -0.2) is 4.98 Å². The molecule has 0 saturated carbocycles. The van der Waals surface area contributed by atoms with Crippen molar-refractivity contribution >= 4 is 17.4 Å². The molecule has 2 heterocycles. The number of halogens is 1. The van der Waals surface area contributed by atoms with Crippen LogP contribution in [0.4, 0.5) is 5.82 Å². The zero-order chi connectivity index (χ0) is 10.5. The molecule has 1 aliphatic heterocycles. The number of alkyl halides is 1. The molecule has 0 aromatic carbocycles. The van der Waals surface area contributed by atoms with Gasteiger partial charge in [-0.15, -0.1) is 11.6 Å². The Morgan fingerprint density at radius 1 is 1.33 bits per heavy atom. The lowest BCUT2D eigenvalue weighted by Crippen LogP contribution is -2.27. The van der Waals surface area contributed by atoms with Crippen molar-refractivity contribution in [1.29, 1.82) is 0 Å². The molecular formula is C10H14ClN3O. The largest absolute Gasteiger partial charge is 0.380 e. The van der Waals surface area contributed by atoms with Gasteiger partial charge in [0, 0.05) is 25.9 Å². The highest BCUT2D eigenvalue weighted by atomic mass is 35.5. The molecule has 1 aromatic heterocycles. The summed E-state index contributed by atoms with van der Waals surface area (Å²) >= 11 is 5.72.